The highest BCUT2D eigenvalue weighted by Crippen LogP contribution is 2.35. The number of nitrogens with zero attached hydrogens (tertiary/aromatic N) is 4. The number of benzene rings is 3. The standard InChI is InChI=1S/C36H34N4O3/c1-24(2)19-20-43-31-17-15-28(16-18-31)34-29(23-39(38-34)30-13-9-6-10-14-30)21-32-25(3)33(22-37)36(42)40(35(32)41)26(4)27-11-7-5-8-12-27/h5-18,21,23-24,26H,19-20H2,1-4H3/b32-21+. The second kappa shape index (κ2) is 12.7. The van der Waals surface area contributed by atoms with E-state index in [-0.39, 0.29) is 11.1 Å². The molecule has 43 heavy (non-hydrogen) atoms. The molecule has 216 valence electrons. The van der Waals surface area contributed by atoms with E-state index in [1.807, 2.05) is 97.2 Å². The Morgan fingerprint density at radius 1 is 0.907 bits per heavy atom. The maximum Gasteiger partial charge on any atom is 0.272 e. The van der Waals surface area contributed by atoms with Crippen LogP contribution in [-0.4, -0.2) is 33.1 Å². The number of aromatic nitrogens is 2. The first-order valence-electron chi connectivity index (χ1n) is 14.4. The summed E-state index contributed by atoms with van der Waals surface area (Å²) in [5.41, 5.74) is 4.41. The first kappa shape index (κ1) is 29.3. The highest BCUT2D eigenvalue weighted by molar-refractivity contribution is 6.20. The van der Waals surface area contributed by atoms with Crippen LogP contribution in [0.15, 0.2) is 108 Å². The lowest BCUT2D eigenvalue weighted by Crippen LogP contribution is -2.44. The summed E-state index contributed by atoms with van der Waals surface area (Å²) in [6.45, 7) is 8.41. The highest BCUT2D eigenvalue weighted by Gasteiger charge is 2.38. The van der Waals surface area contributed by atoms with Crippen LogP contribution in [0.4, 0.5) is 0 Å². The van der Waals surface area contributed by atoms with E-state index in [1.54, 1.807) is 24.6 Å². The van der Waals surface area contributed by atoms with E-state index in [0.29, 0.717) is 29.4 Å². The molecule has 3 aromatic carbocycles. The second-order valence-electron chi connectivity index (χ2n) is 11.0. The summed E-state index contributed by atoms with van der Waals surface area (Å²) < 4.78 is 7.68. The Bertz CT molecular complexity index is 1730. The zero-order valence-corrected chi connectivity index (χ0v) is 24.8. The molecule has 5 rings (SSSR count). The second-order valence-corrected chi connectivity index (χ2v) is 11.0. The van der Waals surface area contributed by atoms with Gasteiger partial charge in [0.2, 0.25) is 0 Å². The molecule has 7 heteroatoms. The van der Waals surface area contributed by atoms with E-state index in [9.17, 15) is 14.9 Å². The molecule has 4 aromatic rings. The van der Waals surface area contributed by atoms with Crippen molar-refractivity contribution in [2.24, 2.45) is 5.92 Å². The van der Waals surface area contributed by atoms with Crippen molar-refractivity contribution in [1.29, 1.82) is 5.26 Å². The first-order chi connectivity index (χ1) is 20.8. The van der Waals surface area contributed by atoms with Gasteiger partial charge in [-0.2, -0.15) is 10.4 Å². The molecule has 1 unspecified atom stereocenters. The van der Waals surface area contributed by atoms with Crippen LogP contribution in [0.2, 0.25) is 0 Å². The predicted octanol–water partition coefficient (Wildman–Crippen LogP) is 7.32. The molecule has 0 radical (unpaired) electrons. The fourth-order valence-corrected chi connectivity index (χ4v) is 5.04. The van der Waals surface area contributed by atoms with Gasteiger partial charge in [-0.05, 0) is 79.8 Å². The molecule has 7 nitrogen and oxygen atoms in total. The number of amides is 2. The number of ether oxygens (including phenoxy) is 1. The van der Waals surface area contributed by atoms with Gasteiger partial charge in [0.15, 0.2) is 0 Å². The summed E-state index contributed by atoms with van der Waals surface area (Å²) in [6.07, 6.45) is 4.56. The molecule has 0 spiro atoms. The van der Waals surface area contributed by atoms with Crippen molar-refractivity contribution in [3.63, 3.8) is 0 Å². The molecule has 0 aliphatic carbocycles. The number of nitriles is 1. The zero-order chi connectivity index (χ0) is 30.5. The number of para-hydroxylation sites is 1. The van der Waals surface area contributed by atoms with E-state index in [4.69, 9.17) is 9.84 Å². The summed E-state index contributed by atoms with van der Waals surface area (Å²) in [5.74, 6) is 0.285. The van der Waals surface area contributed by atoms with Crippen LogP contribution >= 0.6 is 0 Å². The van der Waals surface area contributed by atoms with Gasteiger partial charge in [-0.3, -0.25) is 14.5 Å². The Hall–Kier alpha value is -5.22. The number of hydrogen-bond donors (Lipinski definition) is 0. The molecule has 2 amide bonds. The van der Waals surface area contributed by atoms with Crippen molar-refractivity contribution in [2.75, 3.05) is 6.61 Å². The quantitative estimate of drug-likeness (QED) is 0.155. The van der Waals surface area contributed by atoms with Crippen LogP contribution in [0.5, 0.6) is 5.75 Å². The normalized spacial score (nSPS) is 15.3. The minimum atomic E-state index is -0.591. The van der Waals surface area contributed by atoms with Gasteiger partial charge in [0.05, 0.1) is 24.0 Å². The third-order valence-electron chi connectivity index (χ3n) is 7.60. The molecule has 0 saturated carbocycles. The van der Waals surface area contributed by atoms with Gasteiger partial charge >= 0.3 is 0 Å². The number of carbonyl (C=O) groups excluding carboxylic acids is 2. The lowest BCUT2D eigenvalue weighted by molar-refractivity contribution is -0.143. The van der Waals surface area contributed by atoms with Gasteiger partial charge in [-0.1, -0.05) is 62.4 Å². The number of hydrogen-bond acceptors (Lipinski definition) is 5. The Kier molecular flexibility index (Phi) is 8.68. The molecule has 2 heterocycles. The lowest BCUT2D eigenvalue weighted by Gasteiger charge is -2.32. The summed E-state index contributed by atoms with van der Waals surface area (Å²) in [6, 6.07) is 28.2. The van der Waals surface area contributed by atoms with E-state index in [1.165, 1.54) is 4.90 Å². The molecule has 1 aliphatic rings. The van der Waals surface area contributed by atoms with E-state index in [2.05, 4.69) is 13.8 Å². The van der Waals surface area contributed by atoms with Gasteiger partial charge in [0, 0.05) is 22.9 Å². The highest BCUT2D eigenvalue weighted by atomic mass is 16.5. The number of carbonyl (C=O) groups is 2. The summed E-state index contributed by atoms with van der Waals surface area (Å²) in [7, 11) is 0. The number of imide groups is 1. The van der Waals surface area contributed by atoms with Crippen LogP contribution in [0.3, 0.4) is 0 Å². The molecule has 0 saturated heterocycles. The van der Waals surface area contributed by atoms with Gasteiger partial charge < -0.3 is 4.74 Å². The average molecular weight is 571 g/mol. The Morgan fingerprint density at radius 2 is 1.56 bits per heavy atom. The van der Waals surface area contributed by atoms with Crippen LogP contribution in [-0.2, 0) is 9.59 Å². The van der Waals surface area contributed by atoms with Crippen LogP contribution in [0.1, 0.15) is 51.3 Å². The zero-order valence-electron chi connectivity index (χ0n) is 24.8. The predicted molar refractivity (Wildman–Crippen MR) is 167 cm³/mol. The SMILES string of the molecule is CC1=C(C#N)C(=O)N(C(C)c2ccccc2)C(=O)/C1=C/c1cn(-c2ccccc2)nc1-c1ccc(OCCC(C)C)cc1. The van der Waals surface area contributed by atoms with Crippen molar-refractivity contribution in [3.05, 3.63) is 119 Å². The van der Waals surface area contributed by atoms with Gasteiger partial charge in [0.1, 0.15) is 17.4 Å². The minimum Gasteiger partial charge on any atom is -0.494 e. The van der Waals surface area contributed by atoms with E-state index in [0.717, 1.165) is 29.0 Å². The van der Waals surface area contributed by atoms with Crippen molar-refractivity contribution in [2.45, 2.75) is 40.2 Å². The van der Waals surface area contributed by atoms with Crippen molar-refractivity contribution >= 4 is 17.9 Å². The topological polar surface area (TPSA) is 88.2 Å². The van der Waals surface area contributed by atoms with Crippen LogP contribution < -0.4 is 4.74 Å². The fourth-order valence-electron chi connectivity index (χ4n) is 5.04. The average Bonchev–Trinajstić information content (AvgIpc) is 3.44. The van der Waals surface area contributed by atoms with E-state index < -0.39 is 17.9 Å². The van der Waals surface area contributed by atoms with Gasteiger partial charge in [-0.25, -0.2) is 4.68 Å². The fraction of sp³-hybridized carbons (Fsp3) is 0.222. The monoisotopic (exact) mass is 570 g/mol. The Morgan fingerprint density at radius 3 is 2.19 bits per heavy atom. The molecule has 1 aromatic heterocycles. The minimum absolute atomic E-state index is 0.0477. The van der Waals surface area contributed by atoms with E-state index >= 15 is 0 Å². The third-order valence-corrected chi connectivity index (χ3v) is 7.60. The van der Waals surface area contributed by atoms with Crippen LogP contribution in [0.25, 0.3) is 23.0 Å². The molecule has 0 fully saturated rings. The number of rotatable bonds is 9. The molecular weight excluding hydrogens is 536 g/mol. The maximum absolute atomic E-state index is 14.0. The Balaban J connectivity index is 1.59. The molecule has 1 atom stereocenters. The largest absolute Gasteiger partial charge is 0.494 e. The smallest absolute Gasteiger partial charge is 0.272 e. The summed E-state index contributed by atoms with van der Waals surface area (Å²) >= 11 is 0. The Labute approximate surface area is 252 Å². The molecule has 0 N–H and O–H groups in total. The summed E-state index contributed by atoms with van der Waals surface area (Å²) in [5, 5.41) is 14.8. The van der Waals surface area contributed by atoms with Crippen molar-refractivity contribution in [3.8, 4) is 28.8 Å². The third kappa shape index (κ3) is 6.19. The summed E-state index contributed by atoms with van der Waals surface area (Å²) in [4.78, 5) is 28.6. The first-order valence-corrected chi connectivity index (χ1v) is 14.4. The van der Waals surface area contributed by atoms with Gasteiger partial charge in [0.25, 0.3) is 11.8 Å². The molecule has 1 aliphatic heterocycles. The van der Waals surface area contributed by atoms with Crippen molar-refractivity contribution < 1.29 is 14.3 Å². The molecular formula is C36H34N4O3. The van der Waals surface area contributed by atoms with Crippen molar-refractivity contribution in [1.82, 2.24) is 14.7 Å². The molecule has 0 bridgehead atoms. The maximum atomic E-state index is 14.0. The van der Waals surface area contributed by atoms with Crippen LogP contribution in [0, 0.1) is 17.2 Å². The van der Waals surface area contributed by atoms with Gasteiger partial charge in [-0.15, -0.1) is 0 Å². The lowest BCUT2D eigenvalue weighted by atomic mass is 9.91.